The molecular weight excluding hydrogens is 258 g/mol. The van der Waals surface area contributed by atoms with Gasteiger partial charge in [0, 0.05) is 36.6 Å². The van der Waals surface area contributed by atoms with Crippen molar-refractivity contribution in [2.75, 3.05) is 13.1 Å². The van der Waals surface area contributed by atoms with Crippen LogP contribution < -0.4 is 0 Å². The van der Waals surface area contributed by atoms with Crippen molar-refractivity contribution in [3.05, 3.63) is 17.9 Å². The lowest BCUT2D eigenvalue weighted by Crippen LogP contribution is -2.27. The number of nitrogens with zero attached hydrogens (tertiary/aromatic N) is 3. The van der Waals surface area contributed by atoms with Crippen LogP contribution in [0, 0.1) is 5.41 Å². The third-order valence-electron chi connectivity index (χ3n) is 4.13. The number of aromatic nitrogens is 2. The van der Waals surface area contributed by atoms with Gasteiger partial charge in [0.05, 0.1) is 6.10 Å². The largest absolute Gasteiger partial charge is 0.421 e. The number of hydrogen-bond donors (Lipinski definition) is 1. The zero-order valence-electron chi connectivity index (χ0n) is 11.7. The second kappa shape index (κ2) is 4.70. The number of carbonyl (C=O) groups excluding carboxylic acids is 1. The molecule has 1 aliphatic carbocycles. The summed E-state index contributed by atoms with van der Waals surface area (Å²) in [7, 11) is 0. The summed E-state index contributed by atoms with van der Waals surface area (Å²) in [5.41, 5.74) is -0.0151. The van der Waals surface area contributed by atoms with Gasteiger partial charge in [-0.15, -0.1) is 10.2 Å². The fraction of sp³-hybridized carbons (Fsp3) is 0.643. The van der Waals surface area contributed by atoms with Crippen molar-refractivity contribution in [1.29, 1.82) is 0 Å². The summed E-state index contributed by atoms with van der Waals surface area (Å²) in [4.78, 5) is 13.7. The van der Waals surface area contributed by atoms with Crippen LogP contribution in [0.3, 0.4) is 0 Å². The standard InChI is InChI=1S/C14H19N3O3/c1-9(2)13-16-15-11(20-13)3-4-12(19)17-7-10(18)14(8-17)5-6-14/h3-4,9-10,18H,5-8H2,1-2H3/b4-3+. The van der Waals surface area contributed by atoms with Gasteiger partial charge in [-0.25, -0.2) is 0 Å². The Kier molecular flexibility index (Phi) is 3.12. The Morgan fingerprint density at radius 2 is 2.25 bits per heavy atom. The van der Waals surface area contributed by atoms with E-state index in [0.717, 1.165) is 12.8 Å². The minimum atomic E-state index is -0.379. The quantitative estimate of drug-likeness (QED) is 0.839. The third kappa shape index (κ3) is 2.35. The highest BCUT2D eigenvalue weighted by atomic mass is 16.4. The predicted octanol–water partition coefficient (Wildman–Crippen LogP) is 1.19. The van der Waals surface area contributed by atoms with Crippen molar-refractivity contribution in [2.45, 2.75) is 38.7 Å². The molecule has 1 atom stereocenters. The Hall–Kier alpha value is -1.69. The van der Waals surface area contributed by atoms with Gasteiger partial charge >= 0.3 is 0 Å². The molecule has 1 unspecified atom stereocenters. The van der Waals surface area contributed by atoms with Crippen LogP contribution in [0.4, 0.5) is 0 Å². The van der Waals surface area contributed by atoms with E-state index in [-0.39, 0.29) is 23.3 Å². The van der Waals surface area contributed by atoms with Crippen LogP contribution in [-0.4, -0.2) is 45.3 Å². The summed E-state index contributed by atoms with van der Waals surface area (Å²) in [5.74, 6) is 0.953. The molecule has 1 aromatic heterocycles. The first-order valence-corrected chi connectivity index (χ1v) is 6.99. The Balaban J connectivity index is 1.62. The van der Waals surface area contributed by atoms with Crippen LogP contribution >= 0.6 is 0 Å². The van der Waals surface area contributed by atoms with E-state index in [0.29, 0.717) is 24.9 Å². The zero-order valence-corrected chi connectivity index (χ0v) is 11.7. The number of amides is 1. The first kappa shape index (κ1) is 13.3. The number of hydrogen-bond acceptors (Lipinski definition) is 5. The summed E-state index contributed by atoms with van der Waals surface area (Å²) in [6, 6.07) is 0. The van der Waals surface area contributed by atoms with Gasteiger partial charge in [-0.3, -0.25) is 4.79 Å². The summed E-state index contributed by atoms with van der Waals surface area (Å²) < 4.78 is 5.40. The second-order valence-corrected chi connectivity index (χ2v) is 6.06. The molecule has 1 amide bonds. The highest BCUT2D eigenvalue weighted by Gasteiger charge is 2.55. The maximum absolute atomic E-state index is 12.1. The first-order valence-electron chi connectivity index (χ1n) is 6.99. The Morgan fingerprint density at radius 1 is 1.50 bits per heavy atom. The molecule has 1 aromatic rings. The van der Waals surface area contributed by atoms with Crippen molar-refractivity contribution >= 4 is 12.0 Å². The summed E-state index contributed by atoms with van der Waals surface area (Å²) in [6.07, 6.45) is 4.62. The molecule has 2 fully saturated rings. The second-order valence-electron chi connectivity index (χ2n) is 6.06. The summed E-state index contributed by atoms with van der Waals surface area (Å²) in [6.45, 7) is 5.00. The minimum Gasteiger partial charge on any atom is -0.421 e. The Labute approximate surface area is 117 Å². The Bertz CT molecular complexity index is 546. The number of aliphatic hydroxyl groups is 1. The topological polar surface area (TPSA) is 79.5 Å². The molecule has 6 heteroatoms. The smallest absolute Gasteiger partial charge is 0.246 e. The molecule has 20 heavy (non-hydrogen) atoms. The third-order valence-corrected chi connectivity index (χ3v) is 4.13. The SMILES string of the molecule is CC(C)c1nnc(/C=C/C(=O)N2CC(O)C3(CC3)C2)o1. The molecule has 0 aromatic carbocycles. The fourth-order valence-electron chi connectivity index (χ4n) is 2.57. The monoisotopic (exact) mass is 277 g/mol. The molecule has 1 saturated carbocycles. The van der Waals surface area contributed by atoms with Gasteiger partial charge in [-0.1, -0.05) is 13.8 Å². The highest BCUT2D eigenvalue weighted by Crippen LogP contribution is 2.52. The number of β-amino-alcohol motifs (C(OH)–C–C–N with tert-alkyl or cyclic N) is 1. The van der Waals surface area contributed by atoms with E-state index in [1.807, 2.05) is 13.8 Å². The number of likely N-dealkylation sites (tertiary alicyclic amines) is 1. The zero-order chi connectivity index (χ0) is 14.3. The minimum absolute atomic E-state index is 0.0151. The molecule has 2 aliphatic rings. The maximum atomic E-state index is 12.1. The van der Waals surface area contributed by atoms with Gasteiger partial charge in [0.1, 0.15) is 0 Å². The van der Waals surface area contributed by atoms with E-state index in [1.165, 1.54) is 12.2 Å². The number of rotatable bonds is 3. The molecule has 0 bridgehead atoms. The van der Waals surface area contributed by atoms with E-state index in [1.54, 1.807) is 4.90 Å². The molecule has 1 aliphatic heterocycles. The normalized spacial score (nSPS) is 24.2. The van der Waals surface area contributed by atoms with E-state index < -0.39 is 0 Å². The summed E-state index contributed by atoms with van der Waals surface area (Å²) in [5, 5.41) is 17.7. The van der Waals surface area contributed by atoms with Crippen LogP contribution in [0.5, 0.6) is 0 Å². The lowest BCUT2D eigenvalue weighted by atomic mass is 10.0. The van der Waals surface area contributed by atoms with E-state index in [9.17, 15) is 9.90 Å². The van der Waals surface area contributed by atoms with Gasteiger partial charge in [-0.05, 0) is 12.8 Å². The molecular formula is C14H19N3O3. The van der Waals surface area contributed by atoms with Crippen LogP contribution in [0.1, 0.15) is 44.4 Å². The van der Waals surface area contributed by atoms with Gasteiger partial charge in [0.25, 0.3) is 0 Å². The maximum Gasteiger partial charge on any atom is 0.246 e. The van der Waals surface area contributed by atoms with Gasteiger partial charge < -0.3 is 14.4 Å². The molecule has 1 N–H and O–H groups in total. The average molecular weight is 277 g/mol. The Morgan fingerprint density at radius 3 is 2.80 bits per heavy atom. The lowest BCUT2D eigenvalue weighted by molar-refractivity contribution is -0.125. The molecule has 1 saturated heterocycles. The van der Waals surface area contributed by atoms with Crippen LogP contribution in [0.25, 0.3) is 6.08 Å². The first-order chi connectivity index (χ1) is 9.50. The van der Waals surface area contributed by atoms with Crippen molar-refractivity contribution in [3.63, 3.8) is 0 Å². The highest BCUT2D eigenvalue weighted by molar-refractivity contribution is 5.91. The number of carbonyl (C=O) groups is 1. The summed E-state index contributed by atoms with van der Waals surface area (Å²) >= 11 is 0. The molecule has 0 radical (unpaired) electrons. The van der Waals surface area contributed by atoms with E-state index in [4.69, 9.17) is 4.42 Å². The van der Waals surface area contributed by atoms with Crippen LogP contribution in [0.15, 0.2) is 10.5 Å². The van der Waals surface area contributed by atoms with E-state index >= 15 is 0 Å². The lowest BCUT2D eigenvalue weighted by Gasteiger charge is -2.12. The molecule has 3 rings (SSSR count). The number of aliphatic hydroxyl groups excluding tert-OH is 1. The van der Waals surface area contributed by atoms with Gasteiger partial charge in [0.2, 0.25) is 17.7 Å². The van der Waals surface area contributed by atoms with Gasteiger partial charge in [0.15, 0.2) is 0 Å². The van der Waals surface area contributed by atoms with E-state index in [2.05, 4.69) is 10.2 Å². The average Bonchev–Trinajstić information content (AvgIpc) is 2.90. The van der Waals surface area contributed by atoms with Crippen molar-refractivity contribution < 1.29 is 14.3 Å². The van der Waals surface area contributed by atoms with Crippen molar-refractivity contribution in [1.82, 2.24) is 15.1 Å². The van der Waals surface area contributed by atoms with Crippen LogP contribution in [0.2, 0.25) is 0 Å². The molecule has 1 spiro atoms. The molecule has 108 valence electrons. The van der Waals surface area contributed by atoms with Crippen LogP contribution in [-0.2, 0) is 4.79 Å². The van der Waals surface area contributed by atoms with Crippen molar-refractivity contribution in [2.24, 2.45) is 5.41 Å². The fourth-order valence-corrected chi connectivity index (χ4v) is 2.57. The molecule has 6 nitrogen and oxygen atoms in total. The predicted molar refractivity (Wildman–Crippen MR) is 71.7 cm³/mol. The van der Waals surface area contributed by atoms with Gasteiger partial charge in [-0.2, -0.15) is 0 Å². The van der Waals surface area contributed by atoms with Crippen molar-refractivity contribution in [3.8, 4) is 0 Å². The molecule has 2 heterocycles.